The Balaban J connectivity index is 2.04. The van der Waals surface area contributed by atoms with Crippen molar-refractivity contribution < 1.29 is 14.3 Å². The molecular weight excluding hydrogens is 204 g/mol. The zero-order valence-electron chi connectivity index (χ0n) is 10.2. The molecule has 0 aromatic rings. The molecule has 3 heteroatoms. The van der Waals surface area contributed by atoms with Crippen LogP contribution in [0.1, 0.15) is 51.9 Å². The Hall–Kier alpha value is -0.700. The fourth-order valence-electron chi connectivity index (χ4n) is 2.06. The van der Waals surface area contributed by atoms with Crippen molar-refractivity contribution in [3.63, 3.8) is 0 Å². The summed E-state index contributed by atoms with van der Waals surface area (Å²) in [6, 6.07) is 0. The number of ether oxygens (including phenoxy) is 1. The lowest BCUT2D eigenvalue weighted by Gasteiger charge is -2.07. The smallest absolute Gasteiger partial charge is 0.168 e. The van der Waals surface area contributed by atoms with Gasteiger partial charge in [0.2, 0.25) is 0 Å². The number of ketones is 2. The van der Waals surface area contributed by atoms with Gasteiger partial charge in [-0.15, -0.1) is 0 Å². The molecule has 3 nitrogen and oxygen atoms in total. The molecule has 0 aliphatic heterocycles. The van der Waals surface area contributed by atoms with Crippen LogP contribution < -0.4 is 0 Å². The molecule has 0 heterocycles. The first-order chi connectivity index (χ1) is 7.75. The minimum atomic E-state index is -0.351. The number of carbonyl (C=O) groups is 2. The number of hydrogen-bond acceptors (Lipinski definition) is 3. The topological polar surface area (TPSA) is 43.4 Å². The second-order valence-electron chi connectivity index (χ2n) is 4.49. The van der Waals surface area contributed by atoms with Crippen LogP contribution >= 0.6 is 0 Å². The van der Waals surface area contributed by atoms with Gasteiger partial charge in [0.05, 0.1) is 5.92 Å². The molecule has 92 valence electrons. The molecule has 0 amide bonds. The molecule has 1 saturated carbocycles. The Bertz CT molecular complexity index is 235. The number of Topliss-reactive ketones (excluding diaryl/α,β-unsaturated/α-hetero) is 2. The van der Waals surface area contributed by atoms with Gasteiger partial charge in [-0.25, -0.2) is 0 Å². The molecule has 0 saturated heterocycles. The SMILES string of the molecule is CCCCCCOCC(=O)C1CCCC1=O. The first kappa shape index (κ1) is 13.4. The molecule has 16 heavy (non-hydrogen) atoms. The van der Waals surface area contributed by atoms with Crippen LogP contribution in [0.5, 0.6) is 0 Å². The summed E-state index contributed by atoms with van der Waals surface area (Å²) in [4.78, 5) is 22.9. The summed E-state index contributed by atoms with van der Waals surface area (Å²) in [6.45, 7) is 2.94. The standard InChI is InChI=1S/C13H22O3/c1-2-3-4-5-9-16-10-13(15)11-7-6-8-12(11)14/h11H,2-10H2,1H3. The summed E-state index contributed by atoms with van der Waals surface area (Å²) in [5.74, 6) is -0.256. The van der Waals surface area contributed by atoms with Crippen LogP contribution in [0, 0.1) is 5.92 Å². The van der Waals surface area contributed by atoms with E-state index in [0.717, 1.165) is 25.7 Å². The highest BCUT2D eigenvalue weighted by Gasteiger charge is 2.30. The number of carbonyl (C=O) groups excluding carboxylic acids is 2. The zero-order chi connectivity index (χ0) is 11.8. The lowest BCUT2D eigenvalue weighted by Crippen LogP contribution is -2.23. The van der Waals surface area contributed by atoms with Crippen LogP contribution in [-0.4, -0.2) is 24.8 Å². The Kier molecular flexibility index (Phi) is 6.31. The van der Waals surface area contributed by atoms with E-state index in [-0.39, 0.29) is 24.1 Å². The predicted octanol–water partition coefficient (Wildman–Crippen LogP) is 2.52. The quantitative estimate of drug-likeness (QED) is 0.472. The fraction of sp³-hybridized carbons (Fsp3) is 0.846. The van der Waals surface area contributed by atoms with E-state index in [1.54, 1.807) is 0 Å². The molecule has 1 aliphatic rings. The highest BCUT2D eigenvalue weighted by Crippen LogP contribution is 2.22. The van der Waals surface area contributed by atoms with E-state index in [4.69, 9.17) is 4.74 Å². The minimum absolute atomic E-state index is 0.0157. The highest BCUT2D eigenvalue weighted by atomic mass is 16.5. The van der Waals surface area contributed by atoms with Crippen LogP contribution in [0.2, 0.25) is 0 Å². The van der Waals surface area contributed by atoms with Crippen LogP contribution in [0.4, 0.5) is 0 Å². The molecule has 0 N–H and O–H groups in total. The van der Waals surface area contributed by atoms with Crippen molar-refractivity contribution in [3.05, 3.63) is 0 Å². The first-order valence-electron chi connectivity index (χ1n) is 6.39. The molecule has 1 fully saturated rings. The molecule has 0 radical (unpaired) electrons. The van der Waals surface area contributed by atoms with E-state index in [2.05, 4.69) is 6.92 Å². The van der Waals surface area contributed by atoms with E-state index in [1.807, 2.05) is 0 Å². The molecule has 1 rings (SSSR count). The average molecular weight is 226 g/mol. The third-order valence-corrected chi connectivity index (χ3v) is 3.08. The lowest BCUT2D eigenvalue weighted by molar-refractivity contribution is -0.133. The molecule has 0 bridgehead atoms. The second kappa shape index (κ2) is 7.55. The summed E-state index contributed by atoms with van der Waals surface area (Å²) in [5, 5.41) is 0. The largest absolute Gasteiger partial charge is 0.374 e. The molecule has 0 spiro atoms. The fourth-order valence-corrected chi connectivity index (χ4v) is 2.06. The number of rotatable bonds is 8. The van der Waals surface area contributed by atoms with Gasteiger partial charge in [0.25, 0.3) is 0 Å². The maximum Gasteiger partial charge on any atom is 0.168 e. The predicted molar refractivity (Wildman–Crippen MR) is 62.3 cm³/mol. The lowest BCUT2D eigenvalue weighted by atomic mass is 10.0. The van der Waals surface area contributed by atoms with Gasteiger partial charge >= 0.3 is 0 Å². The number of unbranched alkanes of at least 4 members (excludes halogenated alkanes) is 3. The minimum Gasteiger partial charge on any atom is -0.374 e. The van der Waals surface area contributed by atoms with Crippen LogP contribution in [-0.2, 0) is 14.3 Å². The van der Waals surface area contributed by atoms with E-state index in [0.29, 0.717) is 13.0 Å². The molecule has 1 unspecified atom stereocenters. The van der Waals surface area contributed by atoms with Gasteiger partial charge < -0.3 is 4.74 Å². The first-order valence-corrected chi connectivity index (χ1v) is 6.39. The summed E-state index contributed by atoms with van der Waals surface area (Å²) < 4.78 is 5.30. The van der Waals surface area contributed by atoms with Gasteiger partial charge in [0, 0.05) is 13.0 Å². The van der Waals surface area contributed by atoms with E-state index >= 15 is 0 Å². The molecule has 0 aromatic carbocycles. The van der Waals surface area contributed by atoms with Gasteiger partial charge in [-0.3, -0.25) is 9.59 Å². The maximum absolute atomic E-state index is 11.6. The second-order valence-corrected chi connectivity index (χ2v) is 4.49. The van der Waals surface area contributed by atoms with Crippen molar-refractivity contribution in [1.29, 1.82) is 0 Å². The van der Waals surface area contributed by atoms with Crippen molar-refractivity contribution in [3.8, 4) is 0 Å². The zero-order valence-corrected chi connectivity index (χ0v) is 10.2. The summed E-state index contributed by atoms with van der Waals surface area (Å²) in [7, 11) is 0. The Labute approximate surface area is 97.5 Å². The van der Waals surface area contributed by atoms with Crippen LogP contribution in [0.25, 0.3) is 0 Å². The van der Waals surface area contributed by atoms with Crippen LogP contribution in [0.3, 0.4) is 0 Å². The third kappa shape index (κ3) is 4.44. The van der Waals surface area contributed by atoms with Gasteiger partial charge in [-0.2, -0.15) is 0 Å². The van der Waals surface area contributed by atoms with Gasteiger partial charge in [-0.1, -0.05) is 26.2 Å². The van der Waals surface area contributed by atoms with Crippen molar-refractivity contribution in [1.82, 2.24) is 0 Å². The van der Waals surface area contributed by atoms with Gasteiger partial charge in [0.1, 0.15) is 12.4 Å². The highest BCUT2D eigenvalue weighted by molar-refractivity contribution is 6.04. The van der Waals surface area contributed by atoms with E-state index in [9.17, 15) is 9.59 Å². The van der Waals surface area contributed by atoms with E-state index < -0.39 is 0 Å². The normalized spacial score (nSPS) is 20.3. The van der Waals surface area contributed by atoms with Crippen molar-refractivity contribution in [2.45, 2.75) is 51.9 Å². The van der Waals surface area contributed by atoms with Gasteiger partial charge in [0.15, 0.2) is 5.78 Å². The monoisotopic (exact) mass is 226 g/mol. The average Bonchev–Trinajstić information content (AvgIpc) is 2.69. The summed E-state index contributed by atoms with van der Waals surface area (Å²) in [5.41, 5.74) is 0. The summed E-state index contributed by atoms with van der Waals surface area (Å²) in [6.07, 6.45) is 6.77. The molecule has 1 atom stereocenters. The Morgan fingerprint density at radius 1 is 1.38 bits per heavy atom. The van der Waals surface area contributed by atoms with E-state index in [1.165, 1.54) is 12.8 Å². The maximum atomic E-state index is 11.6. The molecule has 1 aliphatic carbocycles. The van der Waals surface area contributed by atoms with Gasteiger partial charge in [-0.05, 0) is 19.3 Å². The molecular formula is C13H22O3. The van der Waals surface area contributed by atoms with Crippen LogP contribution in [0.15, 0.2) is 0 Å². The molecule has 0 aromatic heterocycles. The Morgan fingerprint density at radius 2 is 2.19 bits per heavy atom. The summed E-state index contributed by atoms with van der Waals surface area (Å²) >= 11 is 0. The van der Waals surface area contributed by atoms with Crippen molar-refractivity contribution >= 4 is 11.6 Å². The third-order valence-electron chi connectivity index (χ3n) is 3.08. The van der Waals surface area contributed by atoms with Crippen molar-refractivity contribution in [2.75, 3.05) is 13.2 Å². The van der Waals surface area contributed by atoms with Crippen molar-refractivity contribution in [2.24, 2.45) is 5.92 Å². The number of hydrogen-bond donors (Lipinski definition) is 0. The Morgan fingerprint density at radius 3 is 2.81 bits per heavy atom.